The van der Waals surface area contributed by atoms with Gasteiger partial charge in [-0.1, -0.05) is 115 Å². The summed E-state index contributed by atoms with van der Waals surface area (Å²) in [4.78, 5) is 7.45. The summed E-state index contributed by atoms with van der Waals surface area (Å²) < 4.78 is 13.0. The van der Waals surface area contributed by atoms with Gasteiger partial charge in [-0.3, -0.25) is 0 Å². The predicted octanol–water partition coefficient (Wildman–Crippen LogP) is 12.8. The lowest BCUT2D eigenvalue weighted by atomic mass is 9.93. The number of anilines is 3. The molecular formula is C45H28N2O2. The van der Waals surface area contributed by atoms with Crippen LogP contribution in [-0.4, -0.2) is 4.98 Å². The second-order valence-corrected chi connectivity index (χ2v) is 12.3. The SMILES string of the molecule is c1ccc(-c2nc3c(N(c4ccccc4)c4ccc(-c5cc6ccccc6c6ccccc56)cc4)c4c(cc3o2)oc2ccccc24)cc1. The monoisotopic (exact) mass is 628 g/mol. The smallest absolute Gasteiger partial charge is 0.227 e. The van der Waals surface area contributed by atoms with Crippen LogP contribution in [0.5, 0.6) is 0 Å². The van der Waals surface area contributed by atoms with E-state index in [0.29, 0.717) is 11.5 Å². The standard InChI is InChI=1S/C45H28N2O2/c1-3-13-30(14-4-1)45-46-43-41(49-45)28-40-42(37-21-11-12-22-39(37)48-40)44(43)47(32-16-5-2-6-17-32)33-25-23-29(24-26-33)38-27-31-15-7-8-18-34(31)35-19-9-10-20-36(35)38/h1-28H. The van der Waals surface area contributed by atoms with Crippen LogP contribution in [0.2, 0.25) is 0 Å². The van der Waals surface area contributed by atoms with E-state index in [-0.39, 0.29) is 0 Å². The molecule has 0 saturated carbocycles. The van der Waals surface area contributed by atoms with Gasteiger partial charge in [-0.15, -0.1) is 0 Å². The van der Waals surface area contributed by atoms with Gasteiger partial charge in [0.05, 0.1) is 11.1 Å². The van der Waals surface area contributed by atoms with Crippen molar-refractivity contribution in [2.75, 3.05) is 4.90 Å². The highest BCUT2D eigenvalue weighted by molar-refractivity contribution is 6.20. The zero-order valence-electron chi connectivity index (χ0n) is 26.4. The fourth-order valence-electron chi connectivity index (χ4n) is 7.24. The van der Waals surface area contributed by atoms with E-state index in [1.54, 1.807) is 0 Å². The van der Waals surface area contributed by atoms with E-state index < -0.39 is 0 Å². The van der Waals surface area contributed by atoms with Crippen molar-refractivity contribution >= 4 is 71.6 Å². The predicted molar refractivity (Wildman–Crippen MR) is 202 cm³/mol. The zero-order chi connectivity index (χ0) is 32.3. The molecule has 0 aliphatic rings. The van der Waals surface area contributed by atoms with Crippen molar-refractivity contribution in [2.45, 2.75) is 0 Å². The van der Waals surface area contributed by atoms with Crippen LogP contribution in [0.25, 0.3) is 77.2 Å². The molecule has 0 aliphatic heterocycles. The van der Waals surface area contributed by atoms with Crippen LogP contribution >= 0.6 is 0 Å². The molecule has 230 valence electrons. The summed E-state index contributed by atoms with van der Waals surface area (Å²) in [5, 5.41) is 7.00. The van der Waals surface area contributed by atoms with E-state index >= 15 is 0 Å². The lowest BCUT2D eigenvalue weighted by Gasteiger charge is -2.26. The molecule has 2 heterocycles. The summed E-state index contributed by atoms with van der Waals surface area (Å²) >= 11 is 0. The molecule has 4 nitrogen and oxygen atoms in total. The maximum atomic E-state index is 6.48. The topological polar surface area (TPSA) is 42.4 Å². The van der Waals surface area contributed by atoms with Crippen LogP contribution < -0.4 is 4.90 Å². The highest BCUT2D eigenvalue weighted by Gasteiger charge is 2.26. The third kappa shape index (κ3) is 4.42. The number of hydrogen-bond donors (Lipinski definition) is 0. The van der Waals surface area contributed by atoms with Gasteiger partial charge in [0.25, 0.3) is 0 Å². The first-order valence-electron chi connectivity index (χ1n) is 16.5. The largest absolute Gasteiger partial charge is 0.456 e. The van der Waals surface area contributed by atoms with Crippen molar-refractivity contribution in [2.24, 2.45) is 0 Å². The van der Waals surface area contributed by atoms with Gasteiger partial charge >= 0.3 is 0 Å². The van der Waals surface area contributed by atoms with Crippen LogP contribution in [0.15, 0.2) is 179 Å². The molecule has 0 N–H and O–H groups in total. The molecule has 10 rings (SSSR count). The van der Waals surface area contributed by atoms with Crippen molar-refractivity contribution in [1.29, 1.82) is 0 Å². The zero-order valence-corrected chi connectivity index (χ0v) is 26.4. The fourth-order valence-corrected chi connectivity index (χ4v) is 7.24. The molecule has 0 amide bonds. The van der Waals surface area contributed by atoms with Crippen LogP contribution in [0.3, 0.4) is 0 Å². The molecule has 0 unspecified atom stereocenters. The number of oxazole rings is 1. The van der Waals surface area contributed by atoms with E-state index in [9.17, 15) is 0 Å². The number of rotatable bonds is 5. The van der Waals surface area contributed by atoms with Crippen LogP contribution in [-0.2, 0) is 0 Å². The lowest BCUT2D eigenvalue weighted by Crippen LogP contribution is -2.11. The molecule has 0 saturated heterocycles. The summed E-state index contributed by atoms with van der Waals surface area (Å²) in [5.41, 5.74) is 9.22. The van der Waals surface area contributed by atoms with Gasteiger partial charge in [-0.05, 0) is 81.2 Å². The minimum absolute atomic E-state index is 0.570. The first kappa shape index (κ1) is 27.5. The van der Waals surface area contributed by atoms with Gasteiger partial charge in [-0.2, -0.15) is 0 Å². The second kappa shape index (κ2) is 11.0. The third-order valence-electron chi connectivity index (χ3n) is 9.46. The Morgan fingerprint density at radius 2 is 1.06 bits per heavy atom. The van der Waals surface area contributed by atoms with Crippen molar-refractivity contribution in [1.82, 2.24) is 4.98 Å². The molecule has 0 fully saturated rings. The van der Waals surface area contributed by atoms with E-state index in [2.05, 4.69) is 120 Å². The van der Waals surface area contributed by atoms with E-state index in [1.165, 1.54) is 27.1 Å². The molecule has 2 aromatic heterocycles. The average molecular weight is 629 g/mol. The number of hydrogen-bond acceptors (Lipinski definition) is 4. The van der Waals surface area contributed by atoms with Gasteiger partial charge in [0.1, 0.15) is 16.7 Å². The Bertz CT molecular complexity index is 2820. The summed E-state index contributed by atoms with van der Waals surface area (Å²) in [6, 6.07) is 59.1. The third-order valence-corrected chi connectivity index (χ3v) is 9.46. The fraction of sp³-hybridized carbons (Fsp3) is 0. The Labute approximate surface area is 282 Å². The Morgan fingerprint density at radius 3 is 1.86 bits per heavy atom. The van der Waals surface area contributed by atoms with Crippen LogP contribution in [0, 0.1) is 0 Å². The summed E-state index contributed by atoms with van der Waals surface area (Å²) in [5.74, 6) is 0.570. The van der Waals surface area contributed by atoms with Crippen molar-refractivity contribution in [3.63, 3.8) is 0 Å². The molecule has 0 bridgehead atoms. The molecule has 0 spiro atoms. The van der Waals surface area contributed by atoms with E-state index in [4.69, 9.17) is 13.8 Å². The van der Waals surface area contributed by atoms with Crippen LogP contribution in [0.4, 0.5) is 17.1 Å². The number of aromatic nitrogens is 1. The van der Waals surface area contributed by atoms with Crippen molar-refractivity contribution in [3.8, 4) is 22.6 Å². The molecule has 10 aromatic rings. The molecule has 4 heteroatoms. The maximum Gasteiger partial charge on any atom is 0.227 e. The number of fused-ring (bicyclic) bond motifs is 7. The van der Waals surface area contributed by atoms with Gasteiger partial charge in [0.2, 0.25) is 5.89 Å². The molecule has 0 radical (unpaired) electrons. The second-order valence-electron chi connectivity index (χ2n) is 12.3. The minimum Gasteiger partial charge on any atom is -0.456 e. The van der Waals surface area contributed by atoms with Crippen molar-refractivity contribution < 1.29 is 8.83 Å². The quantitative estimate of drug-likeness (QED) is 0.178. The van der Waals surface area contributed by atoms with Gasteiger partial charge in [0.15, 0.2) is 5.58 Å². The number of benzene rings is 8. The average Bonchev–Trinajstić information content (AvgIpc) is 3.77. The van der Waals surface area contributed by atoms with Gasteiger partial charge < -0.3 is 13.7 Å². The van der Waals surface area contributed by atoms with Crippen LogP contribution in [0.1, 0.15) is 0 Å². The first-order chi connectivity index (χ1) is 24.3. The number of furan rings is 1. The normalized spacial score (nSPS) is 11.7. The summed E-state index contributed by atoms with van der Waals surface area (Å²) in [6.45, 7) is 0. The highest BCUT2D eigenvalue weighted by Crippen LogP contribution is 2.48. The first-order valence-corrected chi connectivity index (χ1v) is 16.5. The highest BCUT2D eigenvalue weighted by atomic mass is 16.4. The Balaban J connectivity index is 1.23. The molecule has 0 aliphatic carbocycles. The Kier molecular flexibility index (Phi) is 6.15. The lowest BCUT2D eigenvalue weighted by molar-refractivity contribution is 0.617. The van der Waals surface area contributed by atoms with Gasteiger partial charge in [-0.25, -0.2) is 4.98 Å². The summed E-state index contributed by atoms with van der Waals surface area (Å²) in [7, 11) is 0. The molecular weight excluding hydrogens is 601 g/mol. The summed E-state index contributed by atoms with van der Waals surface area (Å²) in [6.07, 6.45) is 0. The molecule has 0 atom stereocenters. The van der Waals surface area contributed by atoms with E-state index in [0.717, 1.165) is 55.6 Å². The molecule has 8 aromatic carbocycles. The van der Waals surface area contributed by atoms with E-state index in [1.807, 2.05) is 54.6 Å². The minimum atomic E-state index is 0.570. The number of para-hydroxylation sites is 2. The Hall–Kier alpha value is -6.65. The van der Waals surface area contributed by atoms with Gasteiger partial charge in [0, 0.05) is 28.4 Å². The maximum absolute atomic E-state index is 6.48. The Morgan fingerprint density at radius 1 is 0.429 bits per heavy atom. The molecule has 49 heavy (non-hydrogen) atoms. The number of nitrogens with zero attached hydrogens (tertiary/aromatic N) is 2. The van der Waals surface area contributed by atoms with Crippen molar-refractivity contribution in [3.05, 3.63) is 170 Å².